The van der Waals surface area contributed by atoms with Crippen molar-refractivity contribution in [1.82, 2.24) is 0 Å². The van der Waals surface area contributed by atoms with E-state index in [9.17, 15) is 4.79 Å². The molecule has 1 saturated heterocycles. The second-order valence-corrected chi connectivity index (χ2v) is 7.54. The summed E-state index contributed by atoms with van der Waals surface area (Å²) in [6.45, 7) is 3.64. The molecule has 1 N–H and O–H groups in total. The van der Waals surface area contributed by atoms with Crippen LogP contribution in [0.2, 0.25) is 5.02 Å². The van der Waals surface area contributed by atoms with Crippen LogP contribution in [0.15, 0.2) is 48.5 Å². The molecule has 2 aromatic carbocycles. The molecule has 0 unspecified atom stereocenters. The molecule has 0 aliphatic carbocycles. The topological polar surface area (TPSA) is 50.8 Å². The molecule has 1 aliphatic heterocycles. The summed E-state index contributed by atoms with van der Waals surface area (Å²) in [7, 11) is 0. The van der Waals surface area contributed by atoms with E-state index in [0.29, 0.717) is 36.3 Å². The lowest BCUT2D eigenvalue weighted by molar-refractivity contribution is -0.113. The number of morpholine rings is 1. The van der Waals surface area contributed by atoms with E-state index in [1.807, 2.05) is 42.5 Å². The molecule has 3 rings (SSSR count). The number of ether oxygens (including phenoxy) is 2. The maximum atomic E-state index is 12.1. The maximum absolute atomic E-state index is 12.1. The fraction of sp³-hybridized carbons (Fsp3) is 0.350. The van der Waals surface area contributed by atoms with Crippen LogP contribution < -0.4 is 15.0 Å². The minimum atomic E-state index is -0.0464. The van der Waals surface area contributed by atoms with Crippen molar-refractivity contribution in [3.8, 4) is 5.75 Å². The van der Waals surface area contributed by atoms with Gasteiger partial charge >= 0.3 is 0 Å². The molecule has 0 bridgehead atoms. The molecule has 0 radical (unpaired) electrons. The van der Waals surface area contributed by atoms with Crippen molar-refractivity contribution in [3.05, 3.63) is 53.6 Å². The number of nitrogens with zero attached hydrogens (tertiary/aromatic N) is 1. The Kier molecular flexibility index (Phi) is 7.68. The second kappa shape index (κ2) is 10.4. The third kappa shape index (κ3) is 6.34. The molecule has 2 aromatic rings. The van der Waals surface area contributed by atoms with Crippen molar-refractivity contribution in [2.24, 2.45) is 0 Å². The van der Waals surface area contributed by atoms with Crippen LogP contribution in [0.3, 0.4) is 0 Å². The van der Waals surface area contributed by atoms with Gasteiger partial charge in [-0.3, -0.25) is 4.79 Å². The van der Waals surface area contributed by atoms with Gasteiger partial charge in [0.1, 0.15) is 5.75 Å². The van der Waals surface area contributed by atoms with E-state index in [1.54, 1.807) is 6.07 Å². The number of rotatable bonds is 8. The van der Waals surface area contributed by atoms with Crippen LogP contribution in [0.1, 0.15) is 0 Å². The number of benzene rings is 2. The van der Waals surface area contributed by atoms with Crippen molar-refractivity contribution in [2.45, 2.75) is 0 Å². The molecule has 0 spiro atoms. The van der Waals surface area contributed by atoms with E-state index in [0.717, 1.165) is 30.3 Å². The predicted octanol–water partition coefficient (Wildman–Crippen LogP) is 3.93. The van der Waals surface area contributed by atoms with E-state index in [4.69, 9.17) is 21.1 Å². The number of hydrogen-bond acceptors (Lipinski definition) is 5. The molecule has 1 heterocycles. The van der Waals surface area contributed by atoms with E-state index < -0.39 is 0 Å². The average molecular weight is 407 g/mol. The number of carbonyl (C=O) groups is 1. The lowest BCUT2D eigenvalue weighted by atomic mass is 10.2. The molecule has 1 amide bonds. The Labute approximate surface area is 169 Å². The minimum absolute atomic E-state index is 0.0464. The monoisotopic (exact) mass is 406 g/mol. The molecule has 5 nitrogen and oxygen atoms in total. The van der Waals surface area contributed by atoms with Gasteiger partial charge in [-0.2, -0.15) is 0 Å². The summed E-state index contributed by atoms with van der Waals surface area (Å²) < 4.78 is 11.0. The summed E-state index contributed by atoms with van der Waals surface area (Å²) in [5.41, 5.74) is 1.69. The number of anilines is 2. The van der Waals surface area contributed by atoms with Crippen LogP contribution in [0.25, 0.3) is 0 Å². The Hall–Kier alpha value is -1.89. The van der Waals surface area contributed by atoms with E-state index in [1.165, 1.54) is 11.8 Å². The lowest BCUT2D eigenvalue weighted by Crippen LogP contribution is -2.36. The quantitative estimate of drug-likeness (QED) is 0.673. The van der Waals surface area contributed by atoms with Gasteiger partial charge < -0.3 is 19.7 Å². The Morgan fingerprint density at radius 2 is 1.96 bits per heavy atom. The van der Waals surface area contributed by atoms with Gasteiger partial charge in [-0.15, -0.1) is 11.8 Å². The first kappa shape index (κ1) is 19.9. The van der Waals surface area contributed by atoms with Crippen LogP contribution >= 0.6 is 23.4 Å². The Morgan fingerprint density at radius 3 is 2.70 bits per heavy atom. The Bertz CT molecular complexity index is 739. The summed E-state index contributed by atoms with van der Waals surface area (Å²) in [4.78, 5) is 14.3. The lowest BCUT2D eigenvalue weighted by Gasteiger charge is -2.29. The molecule has 0 atom stereocenters. The second-order valence-electron chi connectivity index (χ2n) is 6.03. The molecule has 1 fully saturated rings. The third-order valence-corrected chi connectivity index (χ3v) is 5.28. The van der Waals surface area contributed by atoms with Gasteiger partial charge in [-0.25, -0.2) is 0 Å². The van der Waals surface area contributed by atoms with Crippen molar-refractivity contribution in [1.29, 1.82) is 0 Å². The Balaban J connectivity index is 1.39. The van der Waals surface area contributed by atoms with Crippen LogP contribution in [0, 0.1) is 0 Å². The van der Waals surface area contributed by atoms with Gasteiger partial charge in [0.15, 0.2) is 0 Å². The van der Waals surface area contributed by atoms with E-state index in [-0.39, 0.29) is 5.91 Å². The maximum Gasteiger partial charge on any atom is 0.234 e. The van der Waals surface area contributed by atoms with Gasteiger partial charge in [-0.1, -0.05) is 29.8 Å². The van der Waals surface area contributed by atoms with Crippen molar-refractivity contribution < 1.29 is 14.3 Å². The summed E-state index contributed by atoms with van der Waals surface area (Å²) in [5.74, 6) is 1.92. The van der Waals surface area contributed by atoms with Gasteiger partial charge in [0.2, 0.25) is 5.91 Å². The number of thioether (sulfide) groups is 1. The molecule has 0 aromatic heterocycles. The van der Waals surface area contributed by atoms with Crippen LogP contribution in [0.4, 0.5) is 11.4 Å². The van der Waals surface area contributed by atoms with Gasteiger partial charge in [0, 0.05) is 24.5 Å². The van der Waals surface area contributed by atoms with Crippen LogP contribution in [-0.2, 0) is 9.53 Å². The Morgan fingerprint density at radius 1 is 1.19 bits per heavy atom. The molecular formula is C20H23ClN2O3S. The fourth-order valence-corrected chi connectivity index (χ4v) is 3.65. The number of halogens is 1. The van der Waals surface area contributed by atoms with E-state index in [2.05, 4.69) is 10.2 Å². The standard InChI is InChI=1S/C20H23ClN2O3S/c21-18-14-16(6-7-19(18)23-8-10-25-11-9-23)22-20(24)15-27-13-12-26-17-4-2-1-3-5-17/h1-7,14H,8-13,15H2,(H,22,24). The van der Waals surface area contributed by atoms with E-state index >= 15 is 0 Å². The SMILES string of the molecule is O=C(CSCCOc1ccccc1)Nc1ccc(N2CCOCC2)c(Cl)c1. The highest BCUT2D eigenvalue weighted by Gasteiger charge is 2.14. The first-order chi connectivity index (χ1) is 13.2. The summed E-state index contributed by atoms with van der Waals surface area (Å²) >= 11 is 7.93. The number of hydrogen-bond donors (Lipinski definition) is 1. The number of para-hydroxylation sites is 1. The summed E-state index contributed by atoms with van der Waals surface area (Å²) in [6, 6.07) is 15.3. The van der Waals surface area contributed by atoms with Crippen LogP contribution in [0.5, 0.6) is 5.75 Å². The number of nitrogens with one attached hydrogen (secondary N) is 1. The largest absolute Gasteiger partial charge is 0.493 e. The van der Waals surface area contributed by atoms with Crippen molar-refractivity contribution in [2.75, 3.05) is 54.6 Å². The minimum Gasteiger partial charge on any atom is -0.493 e. The molecule has 0 saturated carbocycles. The van der Waals surface area contributed by atoms with Gasteiger partial charge in [-0.05, 0) is 30.3 Å². The predicted molar refractivity (Wildman–Crippen MR) is 112 cm³/mol. The zero-order chi connectivity index (χ0) is 18.9. The molecule has 27 heavy (non-hydrogen) atoms. The molecule has 7 heteroatoms. The first-order valence-corrected chi connectivity index (χ1v) is 10.4. The van der Waals surface area contributed by atoms with Crippen LogP contribution in [-0.4, -0.2) is 50.3 Å². The molecule has 144 valence electrons. The first-order valence-electron chi connectivity index (χ1n) is 8.90. The highest BCUT2D eigenvalue weighted by molar-refractivity contribution is 7.99. The third-order valence-electron chi connectivity index (χ3n) is 4.06. The molecular weight excluding hydrogens is 384 g/mol. The average Bonchev–Trinajstić information content (AvgIpc) is 2.69. The fourth-order valence-electron chi connectivity index (χ4n) is 2.74. The summed E-state index contributed by atoms with van der Waals surface area (Å²) in [6.07, 6.45) is 0. The zero-order valence-corrected chi connectivity index (χ0v) is 16.6. The zero-order valence-electron chi connectivity index (χ0n) is 15.0. The van der Waals surface area contributed by atoms with Crippen molar-refractivity contribution >= 4 is 40.6 Å². The normalized spacial score (nSPS) is 14.0. The smallest absolute Gasteiger partial charge is 0.234 e. The van der Waals surface area contributed by atoms with Gasteiger partial charge in [0.25, 0.3) is 0 Å². The highest BCUT2D eigenvalue weighted by Crippen LogP contribution is 2.29. The van der Waals surface area contributed by atoms with Gasteiger partial charge in [0.05, 0.1) is 36.3 Å². The number of amides is 1. The summed E-state index contributed by atoms with van der Waals surface area (Å²) in [5, 5.41) is 3.53. The highest BCUT2D eigenvalue weighted by atomic mass is 35.5. The number of carbonyl (C=O) groups excluding carboxylic acids is 1. The molecule has 1 aliphatic rings. The van der Waals surface area contributed by atoms with Crippen molar-refractivity contribution in [3.63, 3.8) is 0 Å².